The van der Waals surface area contributed by atoms with Gasteiger partial charge in [-0.05, 0) is 55.1 Å². The van der Waals surface area contributed by atoms with Crippen molar-refractivity contribution in [2.45, 2.75) is 45.2 Å². The van der Waals surface area contributed by atoms with Crippen LogP contribution in [0.15, 0.2) is 63.2 Å². The van der Waals surface area contributed by atoms with Crippen LogP contribution in [0.5, 0.6) is 0 Å². The summed E-state index contributed by atoms with van der Waals surface area (Å²) in [5, 5.41) is 18.3. The molecule has 182 valence electrons. The van der Waals surface area contributed by atoms with Gasteiger partial charge in [0.15, 0.2) is 0 Å². The molecule has 1 fully saturated rings. The quantitative estimate of drug-likeness (QED) is 0.319. The number of hydrogen-bond acceptors (Lipinski definition) is 8. The van der Waals surface area contributed by atoms with Gasteiger partial charge in [-0.25, -0.2) is 8.42 Å². The molecule has 2 unspecified atom stereocenters. The number of β-amino-alcohol motifs (C(OH)–C–C–N with tert-alkyl or cyclic N) is 1. The molecule has 2 atom stereocenters. The number of likely N-dealkylation sites (tertiary alicyclic amines) is 1. The Bertz CT molecular complexity index is 1020. The maximum atomic E-state index is 13.3. The minimum Gasteiger partial charge on any atom is -0.392 e. The Hall–Kier alpha value is -1.44. The molecule has 1 aliphatic rings. The highest BCUT2D eigenvalue weighted by molar-refractivity contribution is 7.99. The molecule has 2 aromatic carbocycles. The minimum absolute atomic E-state index is 0.106. The van der Waals surface area contributed by atoms with Crippen molar-refractivity contribution in [3.8, 4) is 0 Å². The average Bonchev–Trinajstić information content (AvgIpc) is 3.20. The number of aliphatic hydroxyl groups excluding tert-OH is 1. The van der Waals surface area contributed by atoms with Crippen LogP contribution in [0, 0.1) is 0 Å². The average molecular weight is 522 g/mol. The summed E-state index contributed by atoms with van der Waals surface area (Å²) in [6.07, 6.45) is 0.869. The molecule has 0 aromatic heterocycles. The van der Waals surface area contributed by atoms with Crippen molar-refractivity contribution in [3.05, 3.63) is 48.5 Å². The van der Waals surface area contributed by atoms with Crippen LogP contribution < -0.4 is 10.5 Å². The van der Waals surface area contributed by atoms with Crippen molar-refractivity contribution < 1.29 is 26.7 Å². The van der Waals surface area contributed by atoms with Gasteiger partial charge in [0, 0.05) is 41.2 Å². The van der Waals surface area contributed by atoms with Crippen molar-refractivity contribution >= 4 is 39.2 Å². The van der Waals surface area contributed by atoms with Crippen molar-refractivity contribution in [1.29, 1.82) is 0 Å². The number of nitrogens with two attached hydrogens (primary N) is 1. The van der Waals surface area contributed by atoms with Crippen molar-refractivity contribution in [2.24, 2.45) is 5.14 Å². The second-order valence-electron chi connectivity index (χ2n) is 7.72. The molecule has 12 heteroatoms. The molecule has 3 rings (SSSR count). The summed E-state index contributed by atoms with van der Waals surface area (Å²) < 4.78 is 64.5. The fourth-order valence-corrected chi connectivity index (χ4v) is 5.87. The molecule has 1 heterocycles. The fraction of sp³-hybridized carbons (Fsp3) is 0.429. The van der Waals surface area contributed by atoms with Crippen LogP contribution in [0.2, 0.25) is 0 Å². The van der Waals surface area contributed by atoms with Gasteiger partial charge in [-0.1, -0.05) is 18.2 Å². The van der Waals surface area contributed by atoms with Crippen LogP contribution in [0.4, 0.5) is 18.9 Å². The smallest absolute Gasteiger partial charge is 0.392 e. The number of hydrogen-bond donors (Lipinski definition) is 3. The first-order chi connectivity index (χ1) is 15.6. The monoisotopic (exact) mass is 521 g/mol. The van der Waals surface area contributed by atoms with Crippen LogP contribution in [0.1, 0.15) is 12.8 Å². The van der Waals surface area contributed by atoms with E-state index in [0.717, 1.165) is 17.5 Å². The number of alkyl halides is 3. The first-order valence-electron chi connectivity index (χ1n) is 10.3. The molecular weight excluding hydrogens is 495 g/mol. The molecule has 0 radical (unpaired) electrons. The van der Waals surface area contributed by atoms with Crippen molar-refractivity contribution in [3.63, 3.8) is 0 Å². The van der Waals surface area contributed by atoms with Gasteiger partial charge in [0.05, 0.1) is 11.8 Å². The van der Waals surface area contributed by atoms with Gasteiger partial charge in [0.1, 0.15) is 4.90 Å². The largest absolute Gasteiger partial charge is 0.501 e. The molecule has 33 heavy (non-hydrogen) atoms. The second kappa shape index (κ2) is 11.3. The van der Waals surface area contributed by atoms with Crippen LogP contribution in [-0.4, -0.2) is 61.5 Å². The number of anilines is 1. The summed E-state index contributed by atoms with van der Waals surface area (Å²) in [6.45, 7) is 1.92. The summed E-state index contributed by atoms with van der Waals surface area (Å²) >= 11 is 2.21. The van der Waals surface area contributed by atoms with Crippen LogP contribution >= 0.6 is 23.7 Å². The van der Waals surface area contributed by atoms with E-state index in [2.05, 4.69) is 10.2 Å². The van der Waals surface area contributed by atoms with Gasteiger partial charge < -0.3 is 15.3 Å². The molecule has 0 saturated carbocycles. The van der Waals surface area contributed by atoms with Crippen molar-refractivity contribution in [1.82, 2.24) is 4.90 Å². The Labute approximate surface area is 200 Å². The Morgan fingerprint density at radius 3 is 2.52 bits per heavy atom. The fourth-order valence-electron chi connectivity index (χ4n) is 3.53. The van der Waals surface area contributed by atoms with E-state index in [1.165, 1.54) is 23.9 Å². The van der Waals surface area contributed by atoms with Gasteiger partial charge in [-0.15, -0.1) is 11.8 Å². The number of nitrogens with zero attached hydrogens (tertiary/aromatic N) is 1. The lowest BCUT2D eigenvalue weighted by Gasteiger charge is -2.24. The maximum Gasteiger partial charge on any atom is 0.501 e. The number of benzene rings is 2. The molecule has 6 nitrogen and oxygen atoms in total. The zero-order valence-corrected chi connectivity index (χ0v) is 20.1. The Morgan fingerprint density at radius 1 is 1.18 bits per heavy atom. The predicted octanol–water partition coefficient (Wildman–Crippen LogP) is 3.98. The lowest BCUT2D eigenvalue weighted by molar-refractivity contribution is -0.0435. The Kier molecular flexibility index (Phi) is 8.98. The second-order valence-corrected chi connectivity index (χ2v) is 11.4. The van der Waals surface area contributed by atoms with Crippen LogP contribution in [-0.2, 0) is 9.84 Å². The molecule has 0 aliphatic carbocycles. The van der Waals surface area contributed by atoms with Gasteiger partial charge >= 0.3 is 5.51 Å². The number of sulfone groups is 1. The van der Waals surface area contributed by atoms with E-state index in [4.69, 9.17) is 5.14 Å². The van der Waals surface area contributed by atoms with Gasteiger partial charge in [-0.2, -0.15) is 13.2 Å². The number of thioether (sulfide) groups is 1. The molecule has 1 saturated heterocycles. The van der Waals surface area contributed by atoms with Gasteiger partial charge in [-0.3, -0.25) is 5.14 Å². The highest BCUT2D eigenvalue weighted by atomic mass is 32.2. The highest BCUT2D eigenvalue weighted by Crippen LogP contribution is 2.37. The third-order valence-corrected chi connectivity index (χ3v) is 8.51. The minimum atomic E-state index is -5.57. The summed E-state index contributed by atoms with van der Waals surface area (Å²) in [5.41, 5.74) is -5.54. The predicted molar refractivity (Wildman–Crippen MR) is 126 cm³/mol. The van der Waals surface area contributed by atoms with Crippen LogP contribution in [0.25, 0.3) is 0 Å². The molecule has 2 aromatic rings. The van der Waals surface area contributed by atoms with Gasteiger partial charge in [0.2, 0.25) is 0 Å². The number of rotatable bonds is 10. The molecular formula is C21H26F3N3O3S3. The normalized spacial score (nSPS) is 18.4. The summed E-state index contributed by atoms with van der Waals surface area (Å²) in [4.78, 5) is 2.47. The SMILES string of the molecule is NSc1ccc(NC(CCN2CCC(O)C2)CSc2ccccc2)c(S(=O)(=O)C(F)(F)F)c1. The molecule has 0 amide bonds. The standard InChI is InChI=1S/C21H26F3N3O3S3/c22-21(23,24)33(29,30)20-12-18(32-25)6-7-19(20)26-15(8-10-27-11-9-16(28)13-27)14-31-17-4-2-1-3-5-17/h1-7,12,15-16,26,28H,8-11,13-14,25H2. The number of nitrogens with one attached hydrogen (secondary N) is 1. The number of halogens is 3. The molecule has 0 bridgehead atoms. The summed E-state index contributed by atoms with van der Waals surface area (Å²) in [5.74, 6) is 0.513. The van der Waals surface area contributed by atoms with E-state index in [9.17, 15) is 26.7 Å². The Morgan fingerprint density at radius 2 is 1.91 bits per heavy atom. The Balaban J connectivity index is 1.84. The molecule has 4 N–H and O–H groups in total. The molecule has 0 spiro atoms. The highest BCUT2D eigenvalue weighted by Gasteiger charge is 2.48. The third kappa shape index (κ3) is 7.03. The van der Waals surface area contributed by atoms with Crippen molar-refractivity contribution in [2.75, 3.05) is 30.7 Å². The zero-order valence-electron chi connectivity index (χ0n) is 17.7. The summed E-state index contributed by atoms with van der Waals surface area (Å²) in [7, 11) is -5.57. The lowest BCUT2D eigenvalue weighted by atomic mass is 10.2. The van der Waals surface area contributed by atoms with E-state index in [0.29, 0.717) is 43.6 Å². The lowest BCUT2D eigenvalue weighted by Crippen LogP contribution is -2.32. The van der Waals surface area contributed by atoms with Crippen LogP contribution in [0.3, 0.4) is 0 Å². The third-order valence-electron chi connectivity index (χ3n) is 5.28. The topological polar surface area (TPSA) is 95.7 Å². The van der Waals surface area contributed by atoms with E-state index in [1.807, 2.05) is 30.3 Å². The van der Waals surface area contributed by atoms with Gasteiger partial charge in [0.25, 0.3) is 9.84 Å². The molecule has 1 aliphatic heterocycles. The van der Waals surface area contributed by atoms with E-state index in [1.54, 1.807) is 0 Å². The maximum absolute atomic E-state index is 13.3. The van der Waals surface area contributed by atoms with E-state index in [-0.39, 0.29) is 22.7 Å². The van der Waals surface area contributed by atoms with E-state index < -0.39 is 20.2 Å². The first kappa shape index (κ1) is 26.2. The first-order valence-corrected chi connectivity index (χ1v) is 13.6. The number of aliphatic hydroxyl groups is 1. The van der Waals surface area contributed by atoms with E-state index >= 15 is 0 Å². The zero-order chi connectivity index (χ0) is 24.1. The summed E-state index contributed by atoms with van der Waals surface area (Å²) in [6, 6.07) is 13.0.